The molecule has 10 heteroatoms. The second-order valence-electron chi connectivity index (χ2n) is 7.07. The van der Waals surface area contributed by atoms with E-state index in [9.17, 15) is 19.7 Å². The molecule has 0 bridgehead atoms. The number of thiophene rings is 1. The van der Waals surface area contributed by atoms with Crippen molar-refractivity contribution >= 4 is 38.8 Å². The second-order valence-corrected chi connectivity index (χ2v) is 7.92. The first-order chi connectivity index (χ1) is 15.4. The largest absolute Gasteiger partial charge is 0.495 e. The number of carbonyl (C=O) groups excluding carboxylic acids is 1. The number of benzene rings is 2. The molecule has 0 aliphatic rings. The van der Waals surface area contributed by atoms with Crippen LogP contribution in [0.15, 0.2) is 59.0 Å². The quantitative estimate of drug-likeness (QED) is 0.351. The normalized spacial score (nSPS) is 10.8. The van der Waals surface area contributed by atoms with Crippen LogP contribution in [-0.4, -0.2) is 27.5 Å². The number of methoxy groups -OCH3 is 1. The highest BCUT2D eigenvalue weighted by atomic mass is 32.1. The molecule has 2 aromatic carbocycles. The maximum atomic E-state index is 13.2. The number of nitro benzene ring substituents is 1. The van der Waals surface area contributed by atoms with Crippen molar-refractivity contribution in [3.63, 3.8) is 0 Å². The van der Waals surface area contributed by atoms with Gasteiger partial charge in [-0.3, -0.25) is 24.3 Å². The second kappa shape index (κ2) is 8.60. The third-order valence-corrected chi connectivity index (χ3v) is 5.76. The summed E-state index contributed by atoms with van der Waals surface area (Å²) in [5, 5.41) is 15.9. The SMILES string of the molecule is COc1ccc(C)cc1NC(=O)Cn1cnc2scc(-c3cccc([N+](=O)[O-])c3)c2c1=O. The van der Waals surface area contributed by atoms with E-state index in [1.165, 1.54) is 41.5 Å². The lowest BCUT2D eigenvalue weighted by molar-refractivity contribution is -0.384. The number of carbonyl (C=O) groups is 1. The minimum Gasteiger partial charge on any atom is -0.495 e. The summed E-state index contributed by atoms with van der Waals surface area (Å²) in [6, 6.07) is 11.5. The Morgan fingerprint density at radius 2 is 2.09 bits per heavy atom. The molecule has 0 radical (unpaired) electrons. The number of aromatic nitrogens is 2. The summed E-state index contributed by atoms with van der Waals surface area (Å²) in [5.41, 5.74) is 2.06. The molecule has 0 fully saturated rings. The van der Waals surface area contributed by atoms with Gasteiger partial charge in [0.15, 0.2) is 0 Å². The number of nitro groups is 1. The Bertz CT molecular complexity index is 1410. The van der Waals surface area contributed by atoms with Crippen LogP contribution >= 0.6 is 11.3 Å². The van der Waals surface area contributed by atoms with E-state index in [-0.39, 0.29) is 12.2 Å². The maximum absolute atomic E-state index is 13.2. The Labute approximate surface area is 186 Å². The molecule has 9 nitrogen and oxygen atoms in total. The molecule has 162 valence electrons. The van der Waals surface area contributed by atoms with Gasteiger partial charge in [-0.2, -0.15) is 0 Å². The summed E-state index contributed by atoms with van der Waals surface area (Å²) in [7, 11) is 1.51. The van der Waals surface area contributed by atoms with E-state index < -0.39 is 16.4 Å². The van der Waals surface area contributed by atoms with Crippen molar-refractivity contribution in [2.24, 2.45) is 0 Å². The van der Waals surface area contributed by atoms with E-state index in [0.29, 0.717) is 32.8 Å². The Balaban J connectivity index is 1.67. The van der Waals surface area contributed by atoms with Crippen LogP contribution in [0.1, 0.15) is 5.56 Å². The summed E-state index contributed by atoms with van der Waals surface area (Å²) >= 11 is 1.26. The molecule has 1 N–H and O–H groups in total. The lowest BCUT2D eigenvalue weighted by atomic mass is 10.1. The van der Waals surface area contributed by atoms with Crippen molar-refractivity contribution in [3.8, 4) is 16.9 Å². The summed E-state index contributed by atoms with van der Waals surface area (Å²) in [6.45, 7) is 1.65. The fourth-order valence-electron chi connectivity index (χ4n) is 3.34. The topological polar surface area (TPSA) is 116 Å². The zero-order chi connectivity index (χ0) is 22.8. The number of non-ortho nitro benzene ring substituents is 1. The molecule has 4 aromatic rings. The van der Waals surface area contributed by atoms with Crippen molar-refractivity contribution in [2.45, 2.75) is 13.5 Å². The highest BCUT2D eigenvalue weighted by Gasteiger charge is 2.17. The van der Waals surface area contributed by atoms with E-state index in [4.69, 9.17) is 4.74 Å². The van der Waals surface area contributed by atoms with Crippen LogP contribution in [0.25, 0.3) is 21.3 Å². The molecule has 4 rings (SSSR count). The number of aryl methyl sites for hydroxylation is 1. The van der Waals surface area contributed by atoms with Crippen LogP contribution in [-0.2, 0) is 11.3 Å². The minimum absolute atomic E-state index is 0.0717. The fraction of sp³-hybridized carbons (Fsp3) is 0.136. The van der Waals surface area contributed by atoms with Gasteiger partial charge in [0.1, 0.15) is 17.1 Å². The summed E-state index contributed by atoms with van der Waals surface area (Å²) in [5.74, 6) is 0.0972. The molecule has 2 heterocycles. The van der Waals surface area contributed by atoms with Gasteiger partial charge in [0.2, 0.25) is 5.91 Å². The van der Waals surface area contributed by atoms with Gasteiger partial charge in [-0.1, -0.05) is 18.2 Å². The van der Waals surface area contributed by atoms with Gasteiger partial charge < -0.3 is 10.1 Å². The average Bonchev–Trinajstić information content (AvgIpc) is 3.21. The van der Waals surface area contributed by atoms with Crippen LogP contribution in [0, 0.1) is 17.0 Å². The third-order valence-electron chi connectivity index (χ3n) is 4.87. The van der Waals surface area contributed by atoms with E-state index in [0.717, 1.165) is 5.56 Å². The first kappa shape index (κ1) is 21.2. The van der Waals surface area contributed by atoms with E-state index in [1.807, 2.05) is 13.0 Å². The van der Waals surface area contributed by atoms with Crippen molar-refractivity contribution in [1.82, 2.24) is 9.55 Å². The number of rotatable bonds is 6. The summed E-state index contributed by atoms with van der Waals surface area (Å²) in [4.78, 5) is 41.2. The van der Waals surface area contributed by atoms with Crippen LogP contribution < -0.4 is 15.6 Å². The van der Waals surface area contributed by atoms with Gasteiger partial charge in [0.05, 0.1) is 29.4 Å². The summed E-state index contributed by atoms with van der Waals surface area (Å²) < 4.78 is 6.49. The highest BCUT2D eigenvalue weighted by Crippen LogP contribution is 2.32. The number of nitrogens with one attached hydrogen (secondary N) is 1. The molecule has 0 saturated carbocycles. The third kappa shape index (κ3) is 4.08. The van der Waals surface area contributed by atoms with Gasteiger partial charge in [0.25, 0.3) is 11.2 Å². The number of hydrogen-bond donors (Lipinski definition) is 1. The molecule has 32 heavy (non-hydrogen) atoms. The van der Waals surface area contributed by atoms with Gasteiger partial charge in [-0.25, -0.2) is 4.98 Å². The molecular formula is C22H18N4O5S. The smallest absolute Gasteiger partial charge is 0.270 e. The van der Waals surface area contributed by atoms with Gasteiger partial charge in [-0.15, -0.1) is 11.3 Å². The van der Waals surface area contributed by atoms with Gasteiger partial charge in [0, 0.05) is 23.1 Å². The molecule has 0 spiro atoms. The van der Waals surface area contributed by atoms with Crippen LogP contribution in [0.3, 0.4) is 0 Å². The predicted molar refractivity (Wildman–Crippen MR) is 122 cm³/mol. The molecule has 0 saturated heterocycles. The lowest BCUT2D eigenvalue weighted by Crippen LogP contribution is -2.28. The molecule has 0 unspecified atom stereocenters. The number of hydrogen-bond acceptors (Lipinski definition) is 7. The monoisotopic (exact) mass is 450 g/mol. The molecule has 1 amide bonds. The Hall–Kier alpha value is -4.05. The van der Waals surface area contributed by atoms with Crippen molar-refractivity contribution < 1.29 is 14.5 Å². The standard InChI is InChI=1S/C22H18N4O5S/c1-13-6-7-18(31-2)17(8-13)24-19(27)10-25-12-23-21-20(22(25)28)16(11-32-21)14-4-3-5-15(9-14)26(29)30/h3-9,11-12H,10H2,1-2H3,(H,24,27). The fourth-order valence-corrected chi connectivity index (χ4v) is 4.25. The van der Waals surface area contributed by atoms with Crippen LogP contribution in [0.4, 0.5) is 11.4 Å². The number of anilines is 1. The number of ether oxygens (including phenoxy) is 1. The van der Waals surface area contributed by atoms with E-state index in [1.54, 1.807) is 29.6 Å². The maximum Gasteiger partial charge on any atom is 0.270 e. The average molecular weight is 450 g/mol. The Kier molecular flexibility index (Phi) is 5.69. The zero-order valence-corrected chi connectivity index (χ0v) is 18.0. The molecule has 0 aliphatic heterocycles. The van der Waals surface area contributed by atoms with Crippen molar-refractivity contribution in [1.29, 1.82) is 0 Å². The first-order valence-corrected chi connectivity index (χ1v) is 10.4. The minimum atomic E-state index is -0.488. The van der Waals surface area contributed by atoms with Crippen LogP contribution in [0.2, 0.25) is 0 Å². The lowest BCUT2D eigenvalue weighted by Gasteiger charge is -2.12. The Morgan fingerprint density at radius 3 is 2.84 bits per heavy atom. The first-order valence-electron chi connectivity index (χ1n) is 9.53. The van der Waals surface area contributed by atoms with E-state index in [2.05, 4.69) is 10.3 Å². The summed E-state index contributed by atoms with van der Waals surface area (Å²) in [6.07, 6.45) is 1.32. The molecular weight excluding hydrogens is 432 g/mol. The number of fused-ring (bicyclic) bond motifs is 1. The van der Waals surface area contributed by atoms with Crippen molar-refractivity contribution in [3.05, 3.63) is 80.2 Å². The zero-order valence-electron chi connectivity index (χ0n) is 17.2. The van der Waals surface area contributed by atoms with Gasteiger partial charge >= 0.3 is 0 Å². The number of nitrogens with zero attached hydrogens (tertiary/aromatic N) is 3. The molecule has 0 aliphatic carbocycles. The highest BCUT2D eigenvalue weighted by molar-refractivity contribution is 7.17. The predicted octanol–water partition coefficient (Wildman–Crippen LogP) is 3.99. The Morgan fingerprint density at radius 1 is 1.28 bits per heavy atom. The van der Waals surface area contributed by atoms with Gasteiger partial charge in [-0.05, 0) is 30.2 Å². The molecule has 2 aromatic heterocycles. The van der Waals surface area contributed by atoms with Crippen molar-refractivity contribution in [2.75, 3.05) is 12.4 Å². The van der Waals surface area contributed by atoms with Crippen LogP contribution in [0.5, 0.6) is 5.75 Å². The van der Waals surface area contributed by atoms with E-state index >= 15 is 0 Å². The number of amides is 1. The molecule has 0 atom stereocenters.